The van der Waals surface area contributed by atoms with Gasteiger partial charge in [0.25, 0.3) is 0 Å². The van der Waals surface area contributed by atoms with Crippen LogP contribution >= 0.6 is 0 Å². The second kappa shape index (κ2) is 9.96. The number of fused-ring (bicyclic) bond motifs is 9. The lowest BCUT2D eigenvalue weighted by atomic mass is 9.86. The molecule has 0 unspecified atom stereocenters. The maximum atomic E-state index is 7.02. The van der Waals surface area contributed by atoms with E-state index in [4.69, 9.17) is 13.3 Å². The highest BCUT2D eigenvalue weighted by molar-refractivity contribution is 6.24. The first kappa shape index (κ1) is 26.5. The van der Waals surface area contributed by atoms with E-state index < -0.39 is 0 Å². The molecule has 0 saturated heterocycles. The third-order valence-electron chi connectivity index (χ3n) is 10.1. The second-order valence-corrected chi connectivity index (χ2v) is 12.8. The van der Waals surface area contributed by atoms with Crippen molar-refractivity contribution in [3.63, 3.8) is 0 Å². The van der Waals surface area contributed by atoms with Crippen LogP contribution in [0.2, 0.25) is 0 Å². The molecule has 3 heteroatoms. The fraction of sp³-hybridized carbons (Fsp3) is 0. The number of benzene rings is 8. The van der Waals surface area contributed by atoms with Crippen molar-refractivity contribution in [2.45, 2.75) is 0 Å². The molecule has 0 radical (unpaired) electrons. The number of para-hydroxylation sites is 2. The third-order valence-corrected chi connectivity index (χ3v) is 10.1. The van der Waals surface area contributed by atoms with Gasteiger partial charge >= 0.3 is 0 Å². The number of hydrogen-bond donors (Lipinski definition) is 0. The van der Waals surface area contributed by atoms with Crippen molar-refractivity contribution in [3.8, 4) is 33.6 Å². The maximum Gasteiger partial charge on any atom is 0.144 e. The van der Waals surface area contributed by atoms with Gasteiger partial charge in [0.15, 0.2) is 0 Å². The van der Waals surface area contributed by atoms with E-state index in [0.717, 1.165) is 104 Å². The quantitative estimate of drug-likeness (QED) is 0.183. The van der Waals surface area contributed by atoms with Gasteiger partial charge in [-0.05, 0) is 68.6 Å². The van der Waals surface area contributed by atoms with Gasteiger partial charge in [-0.3, -0.25) is 0 Å². The molecular weight excluding hydrogens is 601 g/mol. The van der Waals surface area contributed by atoms with Gasteiger partial charge < -0.3 is 13.3 Å². The SMILES string of the molecule is c1ccc(-c2c(-c3c4ccccc4c(-c4ccc5c(c4)oc4ccccc45)c4ccccc34)oc3cc4oc5ccccc5c4cc23)cc1. The molecule has 0 N–H and O–H groups in total. The molecule has 228 valence electrons. The molecule has 0 spiro atoms. The van der Waals surface area contributed by atoms with E-state index in [9.17, 15) is 0 Å². The van der Waals surface area contributed by atoms with Crippen LogP contribution in [0.25, 0.3) is 110 Å². The van der Waals surface area contributed by atoms with Crippen LogP contribution in [0.15, 0.2) is 171 Å². The maximum absolute atomic E-state index is 7.02. The van der Waals surface area contributed by atoms with Gasteiger partial charge in [0.2, 0.25) is 0 Å². The first-order valence-electron chi connectivity index (χ1n) is 16.6. The average molecular weight is 627 g/mol. The molecule has 11 aromatic rings. The normalized spacial score (nSPS) is 12.1. The van der Waals surface area contributed by atoms with Crippen molar-refractivity contribution in [2.24, 2.45) is 0 Å². The topological polar surface area (TPSA) is 39.4 Å². The Kier molecular flexibility index (Phi) is 5.38. The van der Waals surface area contributed by atoms with Crippen molar-refractivity contribution in [1.82, 2.24) is 0 Å². The zero-order chi connectivity index (χ0) is 32.1. The summed E-state index contributed by atoms with van der Waals surface area (Å²) in [5.74, 6) is 0.852. The standard InChI is InChI=1S/C46H26O3/c1-2-12-27(13-3-1)44-37-25-36-30-15-9-11-21-39(30)48-41(36)26-42(37)49-46(44)45-34-18-6-4-16-32(34)43(33-17-5-7-19-35(33)45)28-22-23-31-29-14-8-10-20-38(29)47-40(31)24-28/h1-26H. The van der Waals surface area contributed by atoms with Gasteiger partial charge in [-0.2, -0.15) is 0 Å². The van der Waals surface area contributed by atoms with Crippen molar-refractivity contribution in [2.75, 3.05) is 0 Å². The summed E-state index contributed by atoms with van der Waals surface area (Å²) in [5.41, 5.74) is 9.84. The Bertz CT molecular complexity index is 3040. The van der Waals surface area contributed by atoms with E-state index in [1.807, 2.05) is 24.3 Å². The van der Waals surface area contributed by atoms with Gasteiger partial charge in [-0.25, -0.2) is 0 Å². The number of rotatable bonds is 3. The van der Waals surface area contributed by atoms with Crippen LogP contribution in [-0.4, -0.2) is 0 Å². The lowest BCUT2D eigenvalue weighted by Crippen LogP contribution is -1.91. The molecule has 3 heterocycles. The zero-order valence-electron chi connectivity index (χ0n) is 26.2. The van der Waals surface area contributed by atoms with Crippen LogP contribution < -0.4 is 0 Å². The Labute approximate surface area is 280 Å². The Morgan fingerprint density at radius 3 is 1.39 bits per heavy atom. The minimum atomic E-state index is 0.799. The Hall–Kier alpha value is -6.58. The van der Waals surface area contributed by atoms with Crippen molar-refractivity contribution in [3.05, 3.63) is 158 Å². The lowest BCUT2D eigenvalue weighted by molar-refractivity contribution is 0.630. The van der Waals surface area contributed by atoms with E-state index in [0.29, 0.717) is 0 Å². The van der Waals surface area contributed by atoms with Crippen molar-refractivity contribution >= 4 is 76.4 Å². The average Bonchev–Trinajstić information content (AvgIpc) is 3.83. The van der Waals surface area contributed by atoms with E-state index in [1.54, 1.807) is 0 Å². The molecular formula is C46H26O3. The van der Waals surface area contributed by atoms with Crippen LogP contribution in [0, 0.1) is 0 Å². The largest absolute Gasteiger partial charge is 0.456 e. The van der Waals surface area contributed by atoms with Crippen LogP contribution in [0.4, 0.5) is 0 Å². The summed E-state index contributed by atoms with van der Waals surface area (Å²) in [7, 11) is 0. The fourth-order valence-corrected chi connectivity index (χ4v) is 7.95. The lowest BCUT2D eigenvalue weighted by Gasteiger charge is -2.17. The van der Waals surface area contributed by atoms with Gasteiger partial charge in [-0.15, -0.1) is 0 Å². The van der Waals surface area contributed by atoms with Crippen LogP contribution in [0.5, 0.6) is 0 Å². The summed E-state index contributed by atoms with van der Waals surface area (Å²) in [6.45, 7) is 0. The van der Waals surface area contributed by atoms with E-state index in [2.05, 4.69) is 133 Å². The van der Waals surface area contributed by atoms with Gasteiger partial charge in [0.05, 0.1) is 0 Å². The smallest absolute Gasteiger partial charge is 0.144 e. The monoisotopic (exact) mass is 626 g/mol. The summed E-state index contributed by atoms with van der Waals surface area (Å²) in [6.07, 6.45) is 0. The highest BCUT2D eigenvalue weighted by Crippen LogP contribution is 2.50. The van der Waals surface area contributed by atoms with Gasteiger partial charge in [0, 0.05) is 44.1 Å². The summed E-state index contributed by atoms with van der Waals surface area (Å²) >= 11 is 0. The Balaban J connectivity index is 1.25. The minimum absolute atomic E-state index is 0.799. The predicted octanol–water partition coefficient (Wildman–Crippen LogP) is 13.5. The molecule has 0 aliphatic heterocycles. The molecule has 0 bridgehead atoms. The second-order valence-electron chi connectivity index (χ2n) is 12.8. The molecule has 0 aliphatic carbocycles. The summed E-state index contributed by atoms with van der Waals surface area (Å²) < 4.78 is 19.7. The van der Waals surface area contributed by atoms with Crippen LogP contribution in [0.3, 0.4) is 0 Å². The van der Waals surface area contributed by atoms with Gasteiger partial charge in [-0.1, -0.05) is 121 Å². The van der Waals surface area contributed by atoms with Crippen LogP contribution in [-0.2, 0) is 0 Å². The molecule has 3 aromatic heterocycles. The van der Waals surface area contributed by atoms with E-state index >= 15 is 0 Å². The van der Waals surface area contributed by atoms with Crippen molar-refractivity contribution < 1.29 is 13.3 Å². The zero-order valence-corrected chi connectivity index (χ0v) is 26.2. The fourth-order valence-electron chi connectivity index (χ4n) is 7.95. The summed E-state index contributed by atoms with van der Waals surface area (Å²) in [4.78, 5) is 0. The Morgan fingerprint density at radius 2 is 0.735 bits per heavy atom. The highest BCUT2D eigenvalue weighted by Gasteiger charge is 2.25. The van der Waals surface area contributed by atoms with Gasteiger partial charge in [0.1, 0.15) is 33.7 Å². The molecule has 0 aliphatic rings. The molecule has 3 nitrogen and oxygen atoms in total. The molecule has 49 heavy (non-hydrogen) atoms. The molecule has 8 aromatic carbocycles. The number of hydrogen-bond acceptors (Lipinski definition) is 3. The van der Waals surface area contributed by atoms with Crippen molar-refractivity contribution in [1.29, 1.82) is 0 Å². The Morgan fingerprint density at radius 1 is 0.245 bits per heavy atom. The van der Waals surface area contributed by atoms with E-state index in [-0.39, 0.29) is 0 Å². The first-order chi connectivity index (χ1) is 24.3. The first-order valence-corrected chi connectivity index (χ1v) is 16.6. The molecule has 0 saturated carbocycles. The summed E-state index contributed by atoms with van der Waals surface area (Å²) in [6, 6.07) is 55.4. The third kappa shape index (κ3) is 3.78. The molecule has 0 atom stereocenters. The minimum Gasteiger partial charge on any atom is -0.456 e. The molecule has 0 amide bonds. The molecule has 0 fully saturated rings. The highest BCUT2D eigenvalue weighted by atomic mass is 16.3. The molecule has 11 rings (SSSR count). The van der Waals surface area contributed by atoms with Crippen LogP contribution in [0.1, 0.15) is 0 Å². The summed E-state index contributed by atoms with van der Waals surface area (Å²) in [5, 5.41) is 10.1. The van der Waals surface area contributed by atoms with E-state index in [1.165, 1.54) is 5.56 Å². The number of furan rings is 3. The predicted molar refractivity (Wildman–Crippen MR) is 202 cm³/mol.